The number of rotatable bonds is 5. The summed E-state index contributed by atoms with van der Waals surface area (Å²) < 4.78 is 5.23. The van der Waals surface area contributed by atoms with Crippen molar-refractivity contribution in [2.75, 3.05) is 25.5 Å². The molecule has 1 saturated heterocycles. The van der Waals surface area contributed by atoms with E-state index in [1.807, 2.05) is 24.3 Å². The van der Waals surface area contributed by atoms with Gasteiger partial charge in [0.15, 0.2) is 5.11 Å². The Hall–Kier alpha value is -2.11. The van der Waals surface area contributed by atoms with Crippen molar-refractivity contribution in [3.05, 3.63) is 60.2 Å². The number of likely N-dealkylation sites (tertiary alicyclic amines) is 1. The predicted molar refractivity (Wildman–Crippen MR) is 102 cm³/mol. The van der Waals surface area contributed by atoms with Crippen LogP contribution in [0.3, 0.4) is 0 Å². The molecular weight excluding hydrogens is 318 g/mol. The van der Waals surface area contributed by atoms with E-state index in [0.29, 0.717) is 11.2 Å². The Balaban J connectivity index is 1.47. The van der Waals surface area contributed by atoms with Crippen molar-refractivity contribution in [1.29, 1.82) is 0 Å². The fourth-order valence-electron chi connectivity index (χ4n) is 3.15. The number of ether oxygens (including phenoxy) is 1. The number of benzene rings is 2. The second-order valence-electron chi connectivity index (χ2n) is 6.18. The second kappa shape index (κ2) is 8.13. The standard InChI is InChI=1S/C19H23N3OS/c1-23-18-9-5-8-16(12-18)20-19(24)21-17-10-11-22(14-17)13-15-6-3-2-4-7-15/h2-9,12,17H,10-11,13-14H2,1H3,(H2,20,21,24)/p+1/t17-/m0/s1. The molecule has 1 aliphatic heterocycles. The van der Waals surface area contributed by atoms with E-state index in [1.54, 1.807) is 12.0 Å². The minimum atomic E-state index is 0.425. The topological polar surface area (TPSA) is 37.7 Å². The van der Waals surface area contributed by atoms with Crippen molar-refractivity contribution in [2.24, 2.45) is 0 Å². The van der Waals surface area contributed by atoms with Crippen LogP contribution in [0.4, 0.5) is 5.69 Å². The molecule has 2 aromatic carbocycles. The average molecular weight is 342 g/mol. The Morgan fingerprint density at radius 1 is 1.21 bits per heavy atom. The summed E-state index contributed by atoms with van der Waals surface area (Å²) in [6.45, 7) is 3.35. The molecule has 1 unspecified atom stereocenters. The SMILES string of the molecule is COc1cccc(NC(=S)N[C@H]2CC[NH+](Cc3ccccc3)C2)c1. The Kier molecular flexibility index (Phi) is 5.67. The van der Waals surface area contributed by atoms with E-state index in [0.717, 1.165) is 30.9 Å². The van der Waals surface area contributed by atoms with Crippen LogP contribution in [0, 0.1) is 0 Å². The van der Waals surface area contributed by atoms with E-state index in [4.69, 9.17) is 17.0 Å². The van der Waals surface area contributed by atoms with Gasteiger partial charge in [-0.1, -0.05) is 36.4 Å². The van der Waals surface area contributed by atoms with E-state index >= 15 is 0 Å². The third kappa shape index (κ3) is 4.69. The van der Waals surface area contributed by atoms with Crippen LogP contribution in [0.2, 0.25) is 0 Å². The molecule has 0 aromatic heterocycles. The summed E-state index contributed by atoms with van der Waals surface area (Å²) in [5.74, 6) is 0.821. The first-order valence-corrected chi connectivity index (χ1v) is 8.73. The molecule has 5 heteroatoms. The molecular formula is C19H24N3OS+. The van der Waals surface area contributed by atoms with Gasteiger partial charge in [-0.2, -0.15) is 0 Å². The Morgan fingerprint density at radius 2 is 2.04 bits per heavy atom. The zero-order chi connectivity index (χ0) is 16.8. The van der Waals surface area contributed by atoms with Gasteiger partial charge in [0.2, 0.25) is 0 Å². The number of quaternary nitrogens is 1. The second-order valence-corrected chi connectivity index (χ2v) is 6.59. The summed E-state index contributed by atoms with van der Waals surface area (Å²) in [7, 11) is 1.66. The summed E-state index contributed by atoms with van der Waals surface area (Å²) in [5, 5.41) is 7.35. The van der Waals surface area contributed by atoms with E-state index in [9.17, 15) is 0 Å². The molecule has 2 aromatic rings. The average Bonchev–Trinajstić information content (AvgIpc) is 3.02. The van der Waals surface area contributed by atoms with Crippen molar-refractivity contribution in [3.63, 3.8) is 0 Å². The van der Waals surface area contributed by atoms with Crippen LogP contribution in [0.1, 0.15) is 12.0 Å². The van der Waals surface area contributed by atoms with Gasteiger partial charge in [-0.25, -0.2) is 0 Å². The number of hydrogen-bond donors (Lipinski definition) is 3. The molecule has 0 bridgehead atoms. The van der Waals surface area contributed by atoms with Gasteiger partial charge >= 0.3 is 0 Å². The van der Waals surface area contributed by atoms with Crippen molar-refractivity contribution in [3.8, 4) is 5.75 Å². The molecule has 0 spiro atoms. The highest BCUT2D eigenvalue weighted by Gasteiger charge is 2.26. The van der Waals surface area contributed by atoms with Crippen LogP contribution in [-0.4, -0.2) is 31.4 Å². The molecule has 2 atom stereocenters. The van der Waals surface area contributed by atoms with Crippen LogP contribution in [0.5, 0.6) is 5.75 Å². The lowest BCUT2D eigenvalue weighted by molar-refractivity contribution is -0.901. The zero-order valence-electron chi connectivity index (χ0n) is 13.9. The van der Waals surface area contributed by atoms with Crippen molar-refractivity contribution < 1.29 is 9.64 Å². The summed E-state index contributed by atoms with van der Waals surface area (Å²) in [5.41, 5.74) is 2.34. The molecule has 0 amide bonds. The van der Waals surface area contributed by atoms with Crippen LogP contribution >= 0.6 is 12.2 Å². The first-order valence-electron chi connectivity index (χ1n) is 8.32. The monoisotopic (exact) mass is 342 g/mol. The Labute approximate surface area is 148 Å². The van der Waals surface area contributed by atoms with Gasteiger partial charge in [0.1, 0.15) is 12.3 Å². The quantitative estimate of drug-likeness (QED) is 0.725. The molecule has 24 heavy (non-hydrogen) atoms. The first-order chi connectivity index (χ1) is 11.7. The molecule has 0 saturated carbocycles. The summed E-state index contributed by atoms with van der Waals surface area (Å²) >= 11 is 5.45. The number of hydrogen-bond acceptors (Lipinski definition) is 2. The minimum Gasteiger partial charge on any atom is -0.497 e. The Bertz CT molecular complexity index is 677. The third-order valence-corrected chi connectivity index (χ3v) is 4.56. The molecule has 4 nitrogen and oxygen atoms in total. The van der Waals surface area contributed by atoms with Gasteiger partial charge in [-0.15, -0.1) is 0 Å². The summed E-state index contributed by atoms with van der Waals surface area (Å²) in [6, 6.07) is 18.9. The largest absolute Gasteiger partial charge is 0.497 e. The van der Waals surface area contributed by atoms with Crippen molar-refractivity contribution in [2.45, 2.75) is 19.0 Å². The van der Waals surface area contributed by atoms with E-state index in [-0.39, 0.29) is 0 Å². The highest BCUT2D eigenvalue weighted by Crippen LogP contribution is 2.16. The van der Waals surface area contributed by atoms with Crippen molar-refractivity contribution >= 4 is 23.0 Å². The number of methoxy groups -OCH3 is 1. The minimum absolute atomic E-state index is 0.425. The van der Waals surface area contributed by atoms with Gasteiger partial charge in [0.25, 0.3) is 0 Å². The van der Waals surface area contributed by atoms with E-state index in [1.165, 1.54) is 12.1 Å². The lowest BCUT2D eigenvalue weighted by Crippen LogP contribution is -3.09. The van der Waals surface area contributed by atoms with Gasteiger partial charge in [0, 0.05) is 23.7 Å². The highest BCUT2D eigenvalue weighted by molar-refractivity contribution is 7.80. The number of thiocarbonyl (C=S) groups is 1. The molecule has 126 valence electrons. The highest BCUT2D eigenvalue weighted by atomic mass is 32.1. The van der Waals surface area contributed by atoms with Crippen LogP contribution in [0.15, 0.2) is 54.6 Å². The fourth-order valence-corrected chi connectivity index (χ4v) is 3.44. The van der Waals surface area contributed by atoms with E-state index in [2.05, 4.69) is 41.0 Å². The molecule has 3 rings (SSSR count). The van der Waals surface area contributed by atoms with Crippen LogP contribution in [0.25, 0.3) is 0 Å². The first kappa shape index (κ1) is 16.7. The number of anilines is 1. The zero-order valence-corrected chi connectivity index (χ0v) is 14.7. The van der Waals surface area contributed by atoms with E-state index < -0.39 is 0 Å². The van der Waals surface area contributed by atoms with Crippen LogP contribution < -0.4 is 20.3 Å². The normalized spacial score (nSPS) is 19.7. The number of nitrogens with one attached hydrogen (secondary N) is 3. The molecule has 3 N–H and O–H groups in total. The van der Waals surface area contributed by atoms with Gasteiger partial charge in [0.05, 0.1) is 26.2 Å². The Morgan fingerprint density at radius 3 is 2.83 bits per heavy atom. The van der Waals surface area contributed by atoms with Gasteiger partial charge in [-0.3, -0.25) is 0 Å². The van der Waals surface area contributed by atoms with Crippen molar-refractivity contribution in [1.82, 2.24) is 5.32 Å². The van der Waals surface area contributed by atoms with Gasteiger partial charge in [-0.05, 0) is 24.4 Å². The maximum atomic E-state index is 5.45. The fraction of sp³-hybridized carbons (Fsp3) is 0.316. The predicted octanol–water partition coefficient (Wildman–Crippen LogP) is 1.84. The smallest absolute Gasteiger partial charge is 0.171 e. The summed E-state index contributed by atoms with van der Waals surface area (Å²) in [6.07, 6.45) is 1.14. The lowest BCUT2D eigenvalue weighted by atomic mass is 10.2. The molecule has 1 heterocycles. The maximum Gasteiger partial charge on any atom is 0.171 e. The third-order valence-electron chi connectivity index (χ3n) is 4.34. The maximum absolute atomic E-state index is 5.45. The molecule has 0 radical (unpaired) electrons. The van der Waals surface area contributed by atoms with Gasteiger partial charge < -0.3 is 20.3 Å². The molecule has 1 fully saturated rings. The summed E-state index contributed by atoms with van der Waals surface area (Å²) in [4.78, 5) is 1.60. The lowest BCUT2D eigenvalue weighted by Gasteiger charge is -2.16. The molecule has 0 aliphatic carbocycles. The molecule has 1 aliphatic rings. The van der Waals surface area contributed by atoms with Crippen LogP contribution in [-0.2, 0) is 6.54 Å².